The van der Waals surface area contributed by atoms with Crippen molar-refractivity contribution in [3.8, 4) is 5.75 Å². The molecule has 0 aromatic heterocycles. The van der Waals surface area contributed by atoms with Gasteiger partial charge in [-0.25, -0.2) is 0 Å². The smallest absolute Gasteiger partial charge is 0.251 e. The number of nitrogens with zero attached hydrogens (tertiary/aromatic N) is 1. The van der Waals surface area contributed by atoms with Crippen LogP contribution in [0.1, 0.15) is 10.4 Å². The van der Waals surface area contributed by atoms with Gasteiger partial charge in [0.2, 0.25) is 0 Å². The maximum Gasteiger partial charge on any atom is 0.251 e. The Hall–Kier alpha value is -2.54. The van der Waals surface area contributed by atoms with Crippen molar-refractivity contribution in [2.75, 3.05) is 25.5 Å². The van der Waals surface area contributed by atoms with Crippen LogP contribution in [-0.2, 0) is 0 Å². The standard InChI is InChI=1S/C17H19BrN4O2/c1-24-15-5-3-2-4-14(15)22-17(19)21-11-10-20-16(23)12-6-8-13(18)9-7-12/h2-9H,10-11H2,1H3,(H,20,23)(H3,19,21,22). The number of para-hydroxylation sites is 2. The number of hydrogen-bond donors (Lipinski definition) is 3. The summed E-state index contributed by atoms with van der Waals surface area (Å²) >= 11 is 3.33. The van der Waals surface area contributed by atoms with E-state index in [4.69, 9.17) is 10.5 Å². The number of amides is 1. The quantitative estimate of drug-likeness (QED) is 0.401. The first-order valence-corrected chi connectivity index (χ1v) is 8.13. The molecule has 1 amide bonds. The second kappa shape index (κ2) is 8.93. The van der Waals surface area contributed by atoms with E-state index in [0.717, 1.165) is 10.2 Å². The number of carbonyl (C=O) groups is 1. The van der Waals surface area contributed by atoms with Crippen molar-refractivity contribution in [2.24, 2.45) is 10.7 Å². The first kappa shape index (κ1) is 17.8. The number of anilines is 1. The number of nitrogens with one attached hydrogen (secondary N) is 2. The lowest BCUT2D eigenvalue weighted by molar-refractivity contribution is 0.0955. The maximum atomic E-state index is 11.9. The maximum absolute atomic E-state index is 11.9. The molecule has 0 radical (unpaired) electrons. The number of hydrogen-bond acceptors (Lipinski definition) is 3. The molecule has 2 aromatic rings. The highest BCUT2D eigenvalue weighted by Gasteiger charge is 2.04. The molecule has 0 aliphatic carbocycles. The van der Waals surface area contributed by atoms with Gasteiger partial charge in [0.05, 0.1) is 19.3 Å². The highest BCUT2D eigenvalue weighted by molar-refractivity contribution is 9.10. The largest absolute Gasteiger partial charge is 0.495 e. The molecule has 0 fully saturated rings. The minimum atomic E-state index is -0.144. The van der Waals surface area contributed by atoms with Crippen molar-refractivity contribution in [2.45, 2.75) is 0 Å². The molecule has 6 nitrogen and oxygen atoms in total. The molecular weight excluding hydrogens is 372 g/mol. The second-order valence-electron chi connectivity index (χ2n) is 4.86. The summed E-state index contributed by atoms with van der Waals surface area (Å²) in [6.45, 7) is 0.763. The van der Waals surface area contributed by atoms with E-state index in [2.05, 4.69) is 31.6 Å². The van der Waals surface area contributed by atoms with Crippen molar-refractivity contribution in [1.82, 2.24) is 5.32 Å². The molecule has 0 heterocycles. The van der Waals surface area contributed by atoms with Crippen molar-refractivity contribution in [1.29, 1.82) is 0 Å². The van der Waals surface area contributed by atoms with Crippen LogP contribution in [0, 0.1) is 0 Å². The van der Waals surface area contributed by atoms with Gasteiger partial charge in [-0.2, -0.15) is 0 Å². The molecule has 0 unspecified atom stereocenters. The van der Waals surface area contributed by atoms with Gasteiger partial charge in [-0.1, -0.05) is 28.1 Å². The van der Waals surface area contributed by atoms with Crippen molar-refractivity contribution >= 4 is 33.5 Å². The van der Waals surface area contributed by atoms with E-state index < -0.39 is 0 Å². The number of methoxy groups -OCH3 is 1. The topological polar surface area (TPSA) is 88.7 Å². The van der Waals surface area contributed by atoms with Gasteiger partial charge in [-0.05, 0) is 36.4 Å². The van der Waals surface area contributed by atoms with Gasteiger partial charge in [0.25, 0.3) is 5.91 Å². The summed E-state index contributed by atoms with van der Waals surface area (Å²) in [4.78, 5) is 16.1. The number of rotatable bonds is 6. The van der Waals surface area contributed by atoms with Crippen LogP contribution in [0.4, 0.5) is 5.69 Å². The third-order valence-corrected chi connectivity index (χ3v) is 3.68. The van der Waals surface area contributed by atoms with E-state index in [-0.39, 0.29) is 11.9 Å². The lowest BCUT2D eigenvalue weighted by Crippen LogP contribution is -2.28. The van der Waals surface area contributed by atoms with E-state index >= 15 is 0 Å². The second-order valence-corrected chi connectivity index (χ2v) is 5.77. The first-order chi connectivity index (χ1) is 11.6. The third-order valence-electron chi connectivity index (χ3n) is 3.16. The molecule has 4 N–H and O–H groups in total. The van der Waals surface area contributed by atoms with Gasteiger partial charge in [0.15, 0.2) is 5.96 Å². The van der Waals surface area contributed by atoms with E-state index in [1.54, 1.807) is 19.2 Å². The molecule has 126 valence electrons. The Labute approximate surface area is 149 Å². The highest BCUT2D eigenvalue weighted by atomic mass is 79.9. The van der Waals surface area contributed by atoms with E-state index in [1.807, 2.05) is 36.4 Å². The fraction of sp³-hybridized carbons (Fsp3) is 0.176. The zero-order chi connectivity index (χ0) is 17.4. The number of aliphatic imine (C=N–C) groups is 1. The Balaban J connectivity index is 1.81. The summed E-state index contributed by atoms with van der Waals surface area (Å²) in [6, 6.07) is 14.6. The predicted octanol–water partition coefficient (Wildman–Crippen LogP) is 2.61. The molecule has 0 saturated heterocycles. The van der Waals surface area contributed by atoms with Crippen LogP contribution in [0.15, 0.2) is 58.0 Å². The van der Waals surface area contributed by atoms with Crippen LogP contribution in [0.2, 0.25) is 0 Å². The average Bonchev–Trinajstić information content (AvgIpc) is 2.59. The zero-order valence-corrected chi connectivity index (χ0v) is 14.8. The van der Waals surface area contributed by atoms with E-state index in [0.29, 0.717) is 24.4 Å². The summed E-state index contributed by atoms with van der Waals surface area (Å²) in [5.41, 5.74) is 7.17. The molecule has 0 aliphatic heterocycles. The van der Waals surface area contributed by atoms with E-state index in [9.17, 15) is 4.79 Å². The normalized spacial score (nSPS) is 11.0. The Morgan fingerprint density at radius 3 is 2.62 bits per heavy atom. The zero-order valence-electron chi connectivity index (χ0n) is 13.3. The Kier molecular flexibility index (Phi) is 6.62. The van der Waals surface area contributed by atoms with Gasteiger partial charge >= 0.3 is 0 Å². The Bertz CT molecular complexity index is 717. The summed E-state index contributed by atoms with van der Waals surface area (Å²) in [7, 11) is 1.59. The number of nitrogens with two attached hydrogens (primary N) is 1. The van der Waals surface area contributed by atoms with Crippen LogP contribution in [0.25, 0.3) is 0 Å². The molecule has 2 rings (SSSR count). The molecule has 0 saturated carbocycles. The van der Waals surface area contributed by atoms with Crippen LogP contribution >= 0.6 is 15.9 Å². The molecule has 0 aliphatic rings. The Morgan fingerprint density at radius 2 is 1.92 bits per heavy atom. The third kappa shape index (κ3) is 5.27. The van der Waals surface area contributed by atoms with Crippen LogP contribution in [0.3, 0.4) is 0 Å². The average molecular weight is 391 g/mol. The minimum Gasteiger partial charge on any atom is -0.495 e. The van der Waals surface area contributed by atoms with Crippen LogP contribution < -0.4 is 21.1 Å². The number of benzene rings is 2. The summed E-state index contributed by atoms with van der Waals surface area (Å²) < 4.78 is 6.16. The van der Waals surface area contributed by atoms with Gasteiger partial charge in [0, 0.05) is 16.6 Å². The number of ether oxygens (including phenoxy) is 1. The number of halogens is 1. The van der Waals surface area contributed by atoms with Crippen molar-refractivity contribution in [3.63, 3.8) is 0 Å². The van der Waals surface area contributed by atoms with Crippen LogP contribution in [-0.4, -0.2) is 32.1 Å². The lowest BCUT2D eigenvalue weighted by Gasteiger charge is -2.10. The van der Waals surface area contributed by atoms with Crippen molar-refractivity contribution < 1.29 is 9.53 Å². The molecule has 2 aromatic carbocycles. The molecule has 0 spiro atoms. The predicted molar refractivity (Wildman–Crippen MR) is 99.6 cm³/mol. The summed E-state index contributed by atoms with van der Waals surface area (Å²) in [5, 5.41) is 5.76. The fourth-order valence-electron chi connectivity index (χ4n) is 1.97. The van der Waals surface area contributed by atoms with Gasteiger partial charge in [0.1, 0.15) is 5.75 Å². The van der Waals surface area contributed by atoms with Gasteiger partial charge in [-0.3, -0.25) is 9.79 Å². The van der Waals surface area contributed by atoms with Crippen LogP contribution in [0.5, 0.6) is 5.75 Å². The number of carbonyl (C=O) groups excluding carboxylic acids is 1. The lowest BCUT2D eigenvalue weighted by atomic mass is 10.2. The molecular formula is C17H19BrN4O2. The SMILES string of the molecule is COc1ccccc1NC(N)=NCCNC(=O)c1ccc(Br)cc1. The van der Waals surface area contributed by atoms with Crippen molar-refractivity contribution in [3.05, 3.63) is 58.6 Å². The number of guanidine groups is 1. The summed E-state index contributed by atoms with van der Waals surface area (Å²) in [5.74, 6) is 0.797. The molecule has 0 bridgehead atoms. The summed E-state index contributed by atoms with van der Waals surface area (Å²) in [6.07, 6.45) is 0. The monoisotopic (exact) mass is 390 g/mol. The Morgan fingerprint density at radius 1 is 1.21 bits per heavy atom. The minimum absolute atomic E-state index is 0.144. The molecule has 0 atom stereocenters. The van der Waals surface area contributed by atoms with Gasteiger partial charge in [-0.15, -0.1) is 0 Å². The highest BCUT2D eigenvalue weighted by Crippen LogP contribution is 2.22. The fourth-order valence-corrected chi connectivity index (χ4v) is 2.24. The van der Waals surface area contributed by atoms with E-state index in [1.165, 1.54) is 0 Å². The molecule has 7 heteroatoms. The molecule has 24 heavy (non-hydrogen) atoms. The first-order valence-electron chi connectivity index (χ1n) is 7.34. The van der Waals surface area contributed by atoms with Gasteiger partial charge < -0.3 is 21.1 Å².